The van der Waals surface area contributed by atoms with Gasteiger partial charge in [0.25, 0.3) is 10.0 Å². The van der Waals surface area contributed by atoms with E-state index >= 15 is 0 Å². The fourth-order valence-electron chi connectivity index (χ4n) is 3.70. The molecule has 0 fully saturated rings. The molecule has 0 radical (unpaired) electrons. The van der Waals surface area contributed by atoms with Crippen LogP contribution in [0.3, 0.4) is 0 Å². The number of hydrogen-bond donors (Lipinski definition) is 2. The number of fused-ring (bicyclic) bond motifs is 1. The van der Waals surface area contributed by atoms with Crippen molar-refractivity contribution in [2.24, 2.45) is 4.99 Å². The number of carbonyl (C=O) groups is 1. The van der Waals surface area contributed by atoms with Gasteiger partial charge in [-0.2, -0.15) is 0 Å². The van der Waals surface area contributed by atoms with Crippen LogP contribution in [0.1, 0.15) is 36.0 Å². The molecule has 0 bridgehead atoms. The fourth-order valence-corrected chi connectivity index (χ4v) is 4.84. The molecule has 0 atom stereocenters. The zero-order chi connectivity index (χ0) is 19.6. The monoisotopic (exact) mass is 397 g/mol. The van der Waals surface area contributed by atoms with Crippen LogP contribution in [0, 0.1) is 0 Å². The lowest BCUT2D eigenvalue weighted by Gasteiger charge is -2.10. The number of rotatable bonds is 5. The van der Waals surface area contributed by atoms with Gasteiger partial charge in [-0.05, 0) is 60.6 Å². The van der Waals surface area contributed by atoms with Gasteiger partial charge in [0, 0.05) is 18.7 Å². The minimum absolute atomic E-state index is 0.109. The molecule has 28 heavy (non-hydrogen) atoms. The molecule has 1 aliphatic carbocycles. The summed E-state index contributed by atoms with van der Waals surface area (Å²) in [5.41, 5.74) is 4.14. The molecule has 1 heterocycles. The summed E-state index contributed by atoms with van der Waals surface area (Å²) in [5, 5.41) is 2.80. The average molecular weight is 398 g/mol. The first-order chi connectivity index (χ1) is 13.5. The van der Waals surface area contributed by atoms with Gasteiger partial charge in [0.1, 0.15) is 5.84 Å². The van der Waals surface area contributed by atoms with E-state index in [1.807, 2.05) is 6.07 Å². The van der Waals surface area contributed by atoms with Gasteiger partial charge in [-0.15, -0.1) is 0 Å². The molecule has 1 aliphatic heterocycles. The smallest absolute Gasteiger partial charge is 0.262 e. The van der Waals surface area contributed by atoms with Crippen LogP contribution in [0.25, 0.3) is 0 Å². The van der Waals surface area contributed by atoms with Crippen molar-refractivity contribution < 1.29 is 13.2 Å². The molecular weight excluding hydrogens is 374 g/mol. The van der Waals surface area contributed by atoms with E-state index in [2.05, 4.69) is 27.2 Å². The molecule has 0 saturated heterocycles. The molecule has 6 nitrogen and oxygen atoms in total. The van der Waals surface area contributed by atoms with Gasteiger partial charge in [0.2, 0.25) is 5.91 Å². The number of anilines is 1. The molecule has 4 rings (SSSR count). The van der Waals surface area contributed by atoms with Crippen LogP contribution in [-0.4, -0.2) is 26.7 Å². The van der Waals surface area contributed by atoms with Crippen LogP contribution in [0.5, 0.6) is 0 Å². The number of aryl methyl sites for hydroxylation is 2. The van der Waals surface area contributed by atoms with E-state index in [1.165, 1.54) is 29.7 Å². The fraction of sp³-hybridized carbons (Fsp3) is 0.333. The summed E-state index contributed by atoms with van der Waals surface area (Å²) in [7, 11) is -3.70. The molecule has 0 spiro atoms. The van der Waals surface area contributed by atoms with E-state index in [1.54, 1.807) is 12.1 Å². The van der Waals surface area contributed by atoms with Crippen molar-refractivity contribution in [3.63, 3.8) is 0 Å². The first-order valence-electron chi connectivity index (χ1n) is 9.56. The lowest BCUT2D eigenvalue weighted by molar-refractivity contribution is -0.115. The number of hydrogen-bond acceptors (Lipinski definition) is 4. The van der Waals surface area contributed by atoms with Gasteiger partial charge in [-0.1, -0.05) is 24.3 Å². The number of sulfonamides is 1. The predicted octanol–water partition coefficient (Wildman–Crippen LogP) is 2.83. The molecular formula is C21H23N3O3S. The zero-order valence-corrected chi connectivity index (χ0v) is 16.4. The number of aliphatic imine (C=N–C) groups is 1. The average Bonchev–Trinajstić information content (AvgIpc) is 3.32. The normalized spacial score (nSPS) is 15.8. The van der Waals surface area contributed by atoms with E-state index in [-0.39, 0.29) is 17.2 Å². The first-order valence-corrected chi connectivity index (χ1v) is 11.0. The highest BCUT2D eigenvalue weighted by Crippen LogP contribution is 2.23. The topological polar surface area (TPSA) is 87.6 Å². The maximum atomic E-state index is 12.5. The Morgan fingerprint density at radius 3 is 2.68 bits per heavy atom. The molecule has 146 valence electrons. The number of nitrogens with one attached hydrogen (secondary N) is 2. The lowest BCUT2D eigenvalue weighted by Crippen LogP contribution is -2.29. The van der Waals surface area contributed by atoms with Crippen LogP contribution in [-0.2, 0) is 34.1 Å². The van der Waals surface area contributed by atoms with Crippen molar-refractivity contribution in [1.29, 1.82) is 0 Å². The third-order valence-corrected chi connectivity index (χ3v) is 6.46. The van der Waals surface area contributed by atoms with Gasteiger partial charge in [0.15, 0.2) is 0 Å². The van der Waals surface area contributed by atoms with Gasteiger partial charge in [-0.3, -0.25) is 14.5 Å². The summed E-state index contributed by atoms with van der Waals surface area (Å²) < 4.78 is 27.6. The van der Waals surface area contributed by atoms with Crippen molar-refractivity contribution in [3.8, 4) is 0 Å². The molecule has 2 N–H and O–H groups in total. The Hall–Kier alpha value is -2.67. The Kier molecular flexibility index (Phi) is 5.17. The number of amidine groups is 1. The lowest BCUT2D eigenvalue weighted by atomic mass is 10.0. The third-order valence-electron chi connectivity index (χ3n) is 5.08. The van der Waals surface area contributed by atoms with Crippen molar-refractivity contribution in [2.75, 3.05) is 11.9 Å². The predicted molar refractivity (Wildman–Crippen MR) is 109 cm³/mol. The molecule has 0 aromatic heterocycles. The quantitative estimate of drug-likeness (QED) is 0.813. The van der Waals surface area contributed by atoms with E-state index in [0.29, 0.717) is 24.5 Å². The highest BCUT2D eigenvalue weighted by molar-refractivity contribution is 7.90. The van der Waals surface area contributed by atoms with Crippen LogP contribution >= 0.6 is 0 Å². The number of amides is 1. The Balaban J connectivity index is 1.43. The van der Waals surface area contributed by atoms with Crippen molar-refractivity contribution >= 4 is 27.5 Å². The van der Waals surface area contributed by atoms with Crippen LogP contribution in [0.15, 0.2) is 52.4 Å². The SMILES string of the molecule is O=C(Cc1ccc2c(c1)CCC2)Nc1cccc(S(=O)(=O)NC2=NCCC2)c1. The summed E-state index contributed by atoms with van der Waals surface area (Å²) in [6, 6.07) is 12.5. The minimum atomic E-state index is -3.70. The van der Waals surface area contributed by atoms with Crippen molar-refractivity contribution in [2.45, 2.75) is 43.4 Å². The summed E-state index contributed by atoms with van der Waals surface area (Å²) >= 11 is 0. The molecule has 2 aliphatic rings. The Morgan fingerprint density at radius 1 is 1.00 bits per heavy atom. The molecule has 2 aromatic carbocycles. The summed E-state index contributed by atoms with van der Waals surface area (Å²) in [4.78, 5) is 16.7. The molecule has 2 aromatic rings. The Bertz CT molecular complexity index is 1040. The number of carbonyl (C=O) groups excluding carboxylic acids is 1. The summed E-state index contributed by atoms with van der Waals surface area (Å²) in [5.74, 6) is 0.326. The highest BCUT2D eigenvalue weighted by Gasteiger charge is 2.19. The van der Waals surface area contributed by atoms with Gasteiger partial charge in [0.05, 0.1) is 11.3 Å². The largest absolute Gasteiger partial charge is 0.326 e. The minimum Gasteiger partial charge on any atom is -0.326 e. The van der Waals surface area contributed by atoms with Gasteiger partial charge < -0.3 is 5.32 Å². The van der Waals surface area contributed by atoms with Crippen molar-refractivity contribution in [1.82, 2.24) is 4.72 Å². The van der Waals surface area contributed by atoms with E-state index in [0.717, 1.165) is 24.8 Å². The highest BCUT2D eigenvalue weighted by atomic mass is 32.2. The van der Waals surface area contributed by atoms with E-state index < -0.39 is 10.0 Å². The molecule has 0 unspecified atom stereocenters. The van der Waals surface area contributed by atoms with Crippen LogP contribution in [0.2, 0.25) is 0 Å². The third kappa shape index (κ3) is 4.25. The Labute approximate surface area is 165 Å². The maximum absolute atomic E-state index is 12.5. The van der Waals surface area contributed by atoms with Crippen LogP contribution in [0.4, 0.5) is 5.69 Å². The number of nitrogens with zero attached hydrogens (tertiary/aromatic N) is 1. The van der Waals surface area contributed by atoms with Crippen molar-refractivity contribution in [3.05, 3.63) is 59.2 Å². The van der Waals surface area contributed by atoms with Gasteiger partial charge >= 0.3 is 0 Å². The number of benzene rings is 2. The second-order valence-corrected chi connectivity index (χ2v) is 8.93. The standard InChI is InChI=1S/C21H23N3O3S/c25-21(13-15-9-10-16-4-1-5-17(16)12-15)23-18-6-2-7-19(14-18)28(26,27)24-20-8-3-11-22-20/h2,6-7,9-10,12,14H,1,3-5,8,11,13H2,(H,22,24)(H,23,25). The van der Waals surface area contributed by atoms with Gasteiger partial charge in [-0.25, -0.2) is 8.42 Å². The molecule has 1 amide bonds. The molecule has 7 heteroatoms. The maximum Gasteiger partial charge on any atom is 0.262 e. The molecule has 0 saturated carbocycles. The van der Waals surface area contributed by atoms with E-state index in [9.17, 15) is 13.2 Å². The first kappa shape index (κ1) is 18.7. The van der Waals surface area contributed by atoms with E-state index in [4.69, 9.17) is 0 Å². The Morgan fingerprint density at radius 2 is 1.86 bits per heavy atom. The second kappa shape index (κ2) is 7.75. The second-order valence-electron chi connectivity index (χ2n) is 7.25. The van der Waals surface area contributed by atoms with Crippen LogP contribution < -0.4 is 10.0 Å². The summed E-state index contributed by atoms with van der Waals surface area (Å²) in [6.45, 7) is 0.649. The zero-order valence-electron chi connectivity index (χ0n) is 15.6. The summed E-state index contributed by atoms with van der Waals surface area (Å²) in [6.07, 6.45) is 5.12.